The van der Waals surface area contributed by atoms with Crippen LogP contribution in [0.1, 0.15) is 18.5 Å². The normalized spacial score (nSPS) is 22.9. The van der Waals surface area contributed by atoms with Gasteiger partial charge in [0, 0.05) is 13.1 Å². The molecule has 82 valence electrons. The van der Waals surface area contributed by atoms with Gasteiger partial charge >= 0.3 is 0 Å². The van der Waals surface area contributed by atoms with Crippen molar-refractivity contribution in [2.45, 2.75) is 25.5 Å². The summed E-state index contributed by atoms with van der Waals surface area (Å²) in [7, 11) is 0. The summed E-state index contributed by atoms with van der Waals surface area (Å²) in [6.45, 7) is 2.48. The van der Waals surface area contributed by atoms with Crippen LogP contribution < -0.4 is 0 Å². The van der Waals surface area contributed by atoms with Crippen LogP contribution in [0.3, 0.4) is 0 Å². The first-order valence-corrected chi connectivity index (χ1v) is 5.50. The van der Waals surface area contributed by atoms with Crippen LogP contribution >= 0.6 is 11.6 Å². The van der Waals surface area contributed by atoms with Gasteiger partial charge in [0.05, 0.1) is 11.8 Å². The van der Waals surface area contributed by atoms with Crippen LogP contribution in [0.15, 0.2) is 12.1 Å². The highest BCUT2D eigenvalue weighted by atomic mass is 35.5. The molecule has 1 N–H and O–H groups in total. The number of piperidine rings is 1. The summed E-state index contributed by atoms with van der Waals surface area (Å²) >= 11 is 5.65. The highest BCUT2D eigenvalue weighted by Gasteiger charge is 2.17. The van der Waals surface area contributed by atoms with E-state index >= 15 is 0 Å². The number of aromatic nitrogens is 2. The third-order valence-corrected chi connectivity index (χ3v) is 2.76. The predicted molar refractivity (Wildman–Crippen MR) is 57.6 cm³/mol. The number of halogens is 1. The number of rotatable bonds is 2. The molecule has 0 spiro atoms. The van der Waals surface area contributed by atoms with Gasteiger partial charge in [0.25, 0.3) is 0 Å². The molecule has 1 fully saturated rings. The molecular weight excluding hydrogens is 214 g/mol. The number of hydrogen-bond acceptors (Lipinski definition) is 4. The first-order chi connectivity index (χ1) is 7.24. The summed E-state index contributed by atoms with van der Waals surface area (Å²) in [5, 5.41) is 17.7. The van der Waals surface area contributed by atoms with Crippen molar-refractivity contribution in [1.29, 1.82) is 0 Å². The third kappa shape index (κ3) is 3.12. The zero-order chi connectivity index (χ0) is 10.7. The van der Waals surface area contributed by atoms with Gasteiger partial charge in [0.1, 0.15) is 0 Å². The molecule has 1 atom stereocenters. The van der Waals surface area contributed by atoms with Gasteiger partial charge in [-0.05, 0) is 31.5 Å². The summed E-state index contributed by atoms with van der Waals surface area (Å²) in [5.41, 5.74) is 0.897. The van der Waals surface area contributed by atoms with Crippen LogP contribution in [-0.2, 0) is 6.54 Å². The van der Waals surface area contributed by atoms with Gasteiger partial charge in [0.15, 0.2) is 5.15 Å². The predicted octanol–water partition coefficient (Wildman–Crippen LogP) is 1.09. The number of hydrogen-bond donors (Lipinski definition) is 1. The number of aliphatic hydroxyl groups excluding tert-OH is 1. The summed E-state index contributed by atoms with van der Waals surface area (Å²) in [4.78, 5) is 2.19. The van der Waals surface area contributed by atoms with E-state index in [1.54, 1.807) is 6.07 Å². The minimum atomic E-state index is -0.195. The molecule has 1 saturated heterocycles. The molecule has 0 saturated carbocycles. The second-order valence-electron chi connectivity index (χ2n) is 3.88. The van der Waals surface area contributed by atoms with E-state index in [2.05, 4.69) is 15.1 Å². The Hall–Kier alpha value is -0.710. The maximum atomic E-state index is 9.50. The van der Waals surface area contributed by atoms with E-state index in [0.29, 0.717) is 5.15 Å². The van der Waals surface area contributed by atoms with Gasteiger partial charge in [-0.15, -0.1) is 5.10 Å². The van der Waals surface area contributed by atoms with E-state index in [1.165, 1.54) is 0 Å². The van der Waals surface area contributed by atoms with Crippen molar-refractivity contribution in [3.63, 3.8) is 0 Å². The Morgan fingerprint density at radius 1 is 1.47 bits per heavy atom. The van der Waals surface area contributed by atoms with Gasteiger partial charge in [-0.3, -0.25) is 4.90 Å². The quantitative estimate of drug-likeness (QED) is 0.822. The zero-order valence-electron chi connectivity index (χ0n) is 8.43. The largest absolute Gasteiger partial charge is 0.392 e. The molecule has 0 bridgehead atoms. The molecule has 0 aromatic carbocycles. The second-order valence-corrected chi connectivity index (χ2v) is 4.27. The lowest BCUT2D eigenvalue weighted by Gasteiger charge is -2.29. The summed E-state index contributed by atoms with van der Waals surface area (Å²) in [5.74, 6) is 0. The number of likely N-dealkylation sites (tertiary alicyclic amines) is 1. The number of β-amino-alcohol motifs (C(OH)–C–C–N with tert-alkyl or cyclic N) is 1. The maximum Gasteiger partial charge on any atom is 0.151 e. The highest BCUT2D eigenvalue weighted by Crippen LogP contribution is 2.12. The molecular formula is C10H14ClN3O. The molecule has 2 heterocycles. The van der Waals surface area contributed by atoms with Crippen LogP contribution in [0.5, 0.6) is 0 Å². The average molecular weight is 228 g/mol. The number of aliphatic hydroxyl groups is 1. The molecule has 4 nitrogen and oxygen atoms in total. The Morgan fingerprint density at radius 3 is 3.00 bits per heavy atom. The second kappa shape index (κ2) is 4.88. The Kier molecular flexibility index (Phi) is 3.51. The maximum absolute atomic E-state index is 9.50. The molecule has 1 aromatic heterocycles. The first-order valence-electron chi connectivity index (χ1n) is 5.12. The van der Waals surface area contributed by atoms with Crippen LogP contribution in [0.4, 0.5) is 0 Å². The summed E-state index contributed by atoms with van der Waals surface area (Å²) < 4.78 is 0. The van der Waals surface area contributed by atoms with Crippen LogP contribution in [0, 0.1) is 0 Å². The molecule has 0 amide bonds. The van der Waals surface area contributed by atoms with Gasteiger partial charge in [-0.25, -0.2) is 0 Å². The van der Waals surface area contributed by atoms with Gasteiger partial charge in [-0.1, -0.05) is 11.6 Å². The molecule has 15 heavy (non-hydrogen) atoms. The van der Waals surface area contributed by atoms with Crippen molar-refractivity contribution in [2.75, 3.05) is 13.1 Å². The highest BCUT2D eigenvalue weighted by molar-refractivity contribution is 6.29. The topological polar surface area (TPSA) is 49.2 Å². The summed E-state index contributed by atoms with van der Waals surface area (Å²) in [6.07, 6.45) is 1.75. The molecule has 0 unspecified atom stereocenters. The summed E-state index contributed by atoms with van der Waals surface area (Å²) in [6, 6.07) is 3.61. The number of nitrogens with zero attached hydrogens (tertiary/aromatic N) is 3. The molecule has 1 aromatic rings. The average Bonchev–Trinajstić information content (AvgIpc) is 2.22. The van der Waals surface area contributed by atoms with Crippen LogP contribution in [0.2, 0.25) is 5.15 Å². The van der Waals surface area contributed by atoms with Crippen molar-refractivity contribution in [3.8, 4) is 0 Å². The van der Waals surface area contributed by atoms with E-state index in [9.17, 15) is 5.11 Å². The monoisotopic (exact) mass is 227 g/mol. The Bertz CT molecular complexity index is 317. The van der Waals surface area contributed by atoms with Crippen molar-refractivity contribution in [3.05, 3.63) is 23.0 Å². The van der Waals surface area contributed by atoms with Crippen LogP contribution in [-0.4, -0.2) is 39.4 Å². The van der Waals surface area contributed by atoms with E-state index in [4.69, 9.17) is 11.6 Å². The molecule has 0 radical (unpaired) electrons. The van der Waals surface area contributed by atoms with E-state index in [-0.39, 0.29) is 6.10 Å². The van der Waals surface area contributed by atoms with Gasteiger partial charge in [0.2, 0.25) is 0 Å². The van der Waals surface area contributed by atoms with E-state index in [1.807, 2.05) is 6.07 Å². The van der Waals surface area contributed by atoms with Crippen molar-refractivity contribution >= 4 is 11.6 Å². The SMILES string of the molecule is O[C@@H]1CCCN(Cc2ccc(Cl)nn2)C1. The lowest BCUT2D eigenvalue weighted by molar-refractivity contribution is 0.0661. The molecule has 5 heteroatoms. The Morgan fingerprint density at radius 2 is 2.33 bits per heavy atom. The lowest BCUT2D eigenvalue weighted by Crippen LogP contribution is -2.37. The van der Waals surface area contributed by atoms with E-state index < -0.39 is 0 Å². The van der Waals surface area contributed by atoms with E-state index in [0.717, 1.165) is 38.2 Å². The molecule has 2 rings (SSSR count). The fourth-order valence-electron chi connectivity index (χ4n) is 1.83. The minimum absolute atomic E-state index is 0.195. The Balaban J connectivity index is 1.93. The van der Waals surface area contributed by atoms with Crippen molar-refractivity contribution < 1.29 is 5.11 Å². The fraction of sp³-hybridized carbons (Fsp3) is 0.600. The smallest absolute Gasteiger partial charge is 0.151 e. The first kappa shape index (κ1) is 10.8. The standard InChI is InChI=1S/C10H14ClN3O/c11-10-4-3-8(12-13-10)6-14-5-1-2-9(15)7-14/h3-4,9,15H,1-2,5-7H2/t9-/m1/s1. The fourth-order valence-corrected chi connectivity index (χ4v) is 1.93. The Labute approximate surface area is 93.9 Å². The zero-order valence-corrected chi connectivity index (χ0v) is 9.19. The van der Waals surface area contributed by atoms with Crippen molar-refractivity contribution in [1.82, 2.24) is 15.1 Å². The molecule has 0 aliphatic carbocycles. The molecule has 1 aliphatic rings. The van der Waals surface area contributed by atoms with Crippen molar-refractivity contribution in [2.24, 2.45) is 0 Å². The van der Waals surface area contributed by atoms with Crippen LogP contribution in [0.25, 0.3) is 0 Å². The van der Waals surface area contributed by atoms with Gasteiger partial charge in [-0.2, -0.15) is 5.10 Å². The minimum Gasteiger partial charge on any atom is -0.392 e. The third-order valence-electron chi connectivity index (χ3n) is 2.55. The lowest BCUT2D eigenvalue weighted by atomic mass is 10.1. The molecule has 1 aliphatic heterocycles. The van der Waals surface area contributed by atoms with Gasteiger partial charge < -0.3 is 5.11 Å².